The van der Waals surface area contributed by atoms with Crippen molar-refractivity contribution in [3.8, 4) is 17.2 Å². The molecule has 5 atom stereocenters. The van der Waals surface area contributed by atoms with E-state index >= 15 is 0 Å². The molecule has 0 saturated carbocycles. The molecule has 0 aliphatic carbocycles. The number of aromatic hydroxyl groups is 1. The van der Waals surface area contributed by atoms with Gasteiger partial charge in [0, 0.05) is 6.07 Å². The van der Waals surface area contributed by atoms with Gasteiger partial charge < -0.3 is 42.7 Å². The zero-order valence-corrected chi connectivity index (χ0v) is 31.3. The van der Waals surface area contributed by atoms with Crippen LogP contribution >= 0.6 is 0 Å². The summed E-state index contributed by atoms with van der Waals surface area (Å²) in [6.07, 6.45) is -8.03. The third kappa shape index (κ3) is 9.24. The first kappa shape index (κ1) is 39.8. The molecule has 0 unspecified atom stereocenters. The van der Waals surface area contributed by atoms with E-state index < -0.39 is 72.6 Å². The Bertz CT molecular complexity index is 2470. The lowest BCUT2D eigenvalue weighted by molar-refractivity contribution is -0.275. The standard InChI is InChI=1S/C45H36O14/c1-2-52-37-35(46)32-24-23-31(25-33(32)55-44(37)51)54-45-39(59-43(50)30-21-13-6-14-22-30)38(58-42(49)29-19-11-5-12-20-29)36(57-41(48)28-17-9-4-10-18-28)34(56-45)26-53-40(47)27-15-7-3-8-16-27/h3-25,34,36,38-39,45-46H,2,26H2,1H3/t34-,36-,38+,39-,45-/m1/s1. The monoisotopic (exact) mass is 800 g/mol. The van der Waals surface area contributed by atoms with Crippen molar-refractivity contribution in [2.45, 2.75) is 37.6 Å². The minimum Gasteiger partial charge on any atom is -0.504 e. The van der Waals surface area contributed by atoms with E-state index in [0.717, 1.165) is 0 Å². The van der Waals surface area contributed by atoms with Crippen LogP contribution in [0.5, 0.6) is 17.2 Å². The van der Waals surface area contributed by atoms with Crippen molar-refractivity contribution < 1.29 is 61.9 Å². The first-order chi connectivity index (χ1) is 28.7. The summed E-state index contributed by atoms with van der Waals surface area (Å²) < 4.78 is 47.3. The normalized spacial score (nSPS) is 18.6. The van der Waals surface area contributed by atoms with Crippen molar-refractivity contribution in [3.63, 3.8) is 0 Å². The van der Waals surface area contributed by atoms with Crippen LogP contribution in [0.15, 0.2) is 149 Å². The second-order valence-electron chi connectivity index (χ2n) is 13.0. The fourth-order valence-corrected chi connectivity index (χ4v) is 6.25. The number of rotatable bonds is 13. The van der Waals surface area contributed by atoms with Gasteiger partial charge in [0.25, 0.3) is 0 Å². The van der Waals surface area contributed by atoms with Crippen LogP contribution in [0.1, 0.15) is 48.4 Å². The van der Waals surface area contributed by atoms with Gasteiger partial charge in [-0.1, -0.05) is 72.8 Å². The summed E-state index contributed by atoms with van der Waals surface area (Å²) in [7, 11) is 0. The Morgan fingerprint density at radius 1 is 0.610 bits per heavy atom. The minimum absolute atomic E-state index is 0.0251. The molecule has 1 saturated heterocycles. The van der Waals surface area contributed by atoms with E-state index in [1.165, 1.54) is 54.6 Å². The highest BCUT2D eigenvalue weighted by Gasteiger charge is 2.54. The quantitative estimate of drug-likeness (QED) is 0.0755. The van der Waals surface area contributed by atoms with Crippen molar-refractivity contribution >= 4 is 34.8 Å². The Morgan fingerprint density at radius 3 is 1.59 bits per heavy atom. The molecule has 5 aromatic carbocycles. The summed E-state index contributed by atoms with van der Waals surface area (Å²) in [6.45, 7) is 1.16. The van der Waals surface area contributed by atoms with E-state index in [1.54, 1.807) is 91.9 Å². The number of hydrogen-bond donors (Lipinski definition) is 1. The highest BCUT2D eigenvalue weighted by atomic mass is 16.7. The number of benzene rings is 5. The van der Waals surface area contributed by atoms with Crippen molar-refractivity contribution in [1.29, 1.82) is 0 Å². The Kier molecular flexibility index (Phi) is 12.3. The van der Waals surface area contributed by atoms with Crippen molar-refractivity contribution in [2.24, 2.45) is 0 Å². The molecule has 1 aromatic heterocycles. The largest absolute Gasteiger partial charge is 0.504 e. The maximum atomic E-state index is 13.9. The van der Waals surface area contributed by atoms with Gasteiger partial charge in [0.1, 0.15) is 24.0 Å². The van der Waals surface area contributed by atoms with Gasteiger partial charge in [-0.25, -0.2) is 24.0 Å². The Hall–Kier alpha value is -7.45. The van der Waals surface area contributed by atoms with Crippen molar-refractivity contribution in [2.75, 3.05) is 13.2 Å². The second-order valence-corrected chi connectivity index (χ2v) is 13.0. The Balaban J connectivity index is 1.32. The van der Waals surface area contributed by atoms with E-state index in [1.807, 2.05) is 0 Å². The van der Waals surface area contributed by atoms with E-state index in [2.05, 4.69) is 0 Å². The molecule has 1 aliphatic rings. The van der Waals surface area contributed by atoms with Crippen molar-refractivity contribution in [1.82, 2.24) is 0 Å². The van der Waals surface area contributed by atoms with Gasteiger partial charge in [-0.3, -0.25) is 0 Å². The first-order valence-corrected chi connectivity index (χ1v) is 18.4. The smallest absolute Gasteiger partial charge is 0.383 e. The molecule has 6 aromatic rings. The third-order valence-electron chi connectivity index (χ3n) is 9.09. The zero-order chi connectivity index (χ0) is 41.3. The molecule has 0 spiro atoms. The maximum Gasteiger partial charge on any atom is 0.383 e. The van der Waals surface area contributed by atoms with Crippen LogP contribution in [0.25, 0.3) is 11.0 Å². The predicted molar refractivity (Wildman–Crippen MR) is 208 cm³/mol. The molecule has 14 heteroatoms. The van der Waals surface area contributed by atoms with Gasteiger partial charge in [-0.2, -0.15) is 0 Å². The van der Waals surface area contributed by atoms with Crippen LogP contribution in [0.4, 0.5) is 0 Å². The molecule has 59 heavy (non-hydrogen) atoms. The van der Waals surface area contributed by atoms with Gasteiger partial charge in [-0.15, -0.1) is 0 Å². The minimum atomic E-state index is -1.68. The SMILES string of the molecule is CCOc1c(O)c2ccc(O[C@@H]3O[C@H](COC(=O)c4ccccc4)[C@@H](OC(=O)c4ccccc4)[C@H](OC(=O)c4ccccc4)[C@H]3OC(=O)c3ccccc3)cc2oc1=O. The average molecular weight is 801 g/mol. The molecule has 1 aliphatic heterocycles. The number of fused-ring (bicyclic) bond motifs is 1. The van der Waals surface area contributed by atoms with Gasteiger partial charge in [-0.05, 0) is 67.6 Å². The zero-order valence-electron chi connectivity index (χ0n) is 31.3. The highest BCUT2D eigenvalue weighted by Crippen LogP contribution is 2.36. The van der Waals surface area contributed by atoms with Crippen LogP contribution < -0.4 is 15.1 Å². The summed E-state index contributed by atoms with van der Waals surface area (Å²) in [5.74, 6) is -4.22. The fraction of sp³-hybridized carbons (Fsp3) is 0.178. The molecule has 2 heterocycles. The van der Waals surface area contributed by atoms with E-state index in [-0.39, 0.29) is 51.3 Å². The van der Waals surface area contributed by atoms with Gasteiger partial charge in [0.2, 0.25) is 18.1 Å². The van der Waals surface area contributed by atoms with Crippen LogP contribution in [-0.2, 0) is 23.7 Å². The molecule has 7 rings (SSSR count). The number of carbonyl (C=O) groups is 4. The molecule has 0 radical (unpaired) electrons. The van der Waals surface area contributed by atoms with E-state index in [9.17, 15) is 29.1 Å². The molecule has 1 fully saturated rings. The predicted octanol–water partition coefficient (Wildman–Crippen LogP) is 6.53. The summed E-state index contributed by atoms with van der Waals surface area (Å²) in [5, 5.41) is 10.9. The maximum absolute atomic E-state index is 13.9. The third-order valence-corrected chi connectivity index (χ3v) is 9.09. The van der Waals surface area contributed by atoms with Gasteiger partial charge in [0.05, 0.1) is 34.2 Å². The van der Waals surface area contributed by atoms with Crippen LogP contribution in [0.2, 0.25) is 0 Å². The molecule has 300 valence electrons. The summed E-state index contributed by atoms with van der Waals surface area (Å²) in [4.78, 5) is 67.4. The van der Waals surface area contributed by atoms with Crippen molar-refractivity contribution in [3.05, 3.63) is 172 Å². The average Bonchev–Trinajstić information content (AvgIpc) is 3.27. The van der Waals surface area contributed by atoms with E-state index in [0.29, 0.717) is 0 Å². The number of esters is 4. The van der Waals surface area contributed by atoms with Gasteiger partial charge >= 0.3 is 29.5 Å². The van der Waals surface area contributed by atoms with Crippen LogP contribution in [-0.4, -0.2) is 72.9 Å². The molecule has 0 bridgehead atoms. The first-order valence-electron chi connectivity index (χ1n) is 18.4. The topological polar surface area (TPSA) is 183 Å². The van der Waals surface area contributed by atoms with Gasteiger partial charge in [0.15, 0.2) is 18.0 Å². The lowest BCUT2D eigenvalue weighted by Gasteiger charge is -2.44. The second kappa shape index (κ2) is 18.2. The van der Waals surface area contributed by atoms with Crippen LogP contribution in [0, 0.1) is 0 Å². The summed E-state index contributed by atoms with van der Waals surface area (Å²) >= 11 is 0. The highest BCUT2D eigenvalue weighted by molar-refractivity contribution is 5.92. The Labute approximate surface area is 336 Å². The number of carbonyl (C=O) groups excluding carboxylic acids is 4. The molecular formula is C45H36O14. The summed E-state index contributed by atoms with van der Waals surface area (Å²) in [5.41, 5.74) is -0.481. The summed E-state index contributed by atoms with van der Waals surface area (Å²) in [6, 6.07) is 36.0. The number of hydrogen-bond acceptors (Lipinski definition) is 14. The van der Waals surface area contributed by atoms with E-state index in [4.69, 9.17) is 37.6 Å². The van der Waals surface area contributed by atoms with Crippen LogP contribution in [0.3, 0.4) is 0 Å². The Morgan fingerprint density at radius 2 is 1.08 bits per heavy atom. The lowest BCUT2D eigenvalue weighted by Crippen LogP contribution is -2.63. The lowest BCUT2D eigenvalue weighted by atomic mass is 9.97. The molecular weight excluding hydrogens is 764 g/mol. The fourth-order valence-electron chi connectivity index (χ4n) is 6.25. The number of ether oxygens (including phenoxy) is 7. The molecule has 14 nitrogen and oxygen atoms in total. The molecule has 1 N–H and O–H groups in total. The molecule has 0 amide bonds.